The van der Waals surface area contributed by atoms with E-state index in [1.807, 2.05) is 13.8 Å². The molecule has 144 valence electrons. The van der Waals surface area contributed by atoms with Gasteiger partial charge >= 0.3 is 17.2 Å². The highest BCUT2D eigenvalue weighted by atomic mass is 32.2. The van der Waals surface area contributed by atoms with Gasteiger partial charge in [-0.25, -0.2) is 9.59 Å². The number of esters is 1. The summed E-state index contributed by atoms with van der Waals surface area (Å²) in [4.78, 5) is 46.1. The van der Waals surface area contributed by atoms with E-state index in [9.17, 15) is 24.3 Å². The van der Waals surface area contributed by atoms with Crippen LogP contribution in [0.5, 0.6) is 0 Å². The number of carbonyl (C=O) groups is 4. The Kier molecular flexibility index (Phi) is 10.2. The molecule has 0 saturated carbocycles. The third kappa shape index (κ3) is 8.76. The summed E-state index contributed by atoms with van der Waals surface area (Å²) in [6, 6.07) is -1.28. The first-order valence-corrected chi connectivity index (χ1v) is 8.89. The van der Waals surface area contributed by atoms with Crippen LogP contribution in [0.25, 0.3) is 0 Å². The smallest absolute Gasteiger partial charge is 0.370 e. The zero-order valence-electron chi connectivity index (χ0n) is 15.3. The molecule has 25 heavy (non-hydrogen) atoms. The lowest BCUT2D eigenvalue weighted by Crippen LogP contribution is -2.52. The fourth-order valence-corrected chi connectivity index (χ4v) is 2.94. The second-order valence-electron chi connectivity index (χ2n) is 6.05. The topological polar surface area (TPSA) is 119 Å². The Morgan fingerprint density at radius 3 is 2.20 bits per heavy atom. The van der Waals surface area contributed by atoms with E-state index in [0.29, 0.717) is 24.6 Å². The van der Waals surface area contributed by atoms with Crippen LogP contribution in [0.4, 0.5) is 4.79 Å². The summed E-state index contributed by atoms with van der Waals surface area (Å²) in [7, 11) is 0. The van der Waals surface area contributed by atoms with Crippen LogP contribution in [-0.2, 0) is 23.9 Å². The first-order valence-electron chi connectivity index (χ1n) is 8.07. The predicted molar refractivity (Wildman–Crippen MR) is 93.0 cm³/mol. The monoisotopic (exact) mass is 377 g/mol. The summed E-state index contributed by atoms with van der Waals surface area (Å²) in [5, 5.41) is 10.7. The summed E-state index contributed by atoms with van der Waals surface area (Å²) in [6.45, 7) is 7.48. The number of hydrogen-bond donors (Lipinski definition) is 2. The molecule has 0 aromatic rings. The van der Waals surface area contributed by atoms with Gasteiger partial charge in [0.25, 0.3) is 0 Å². The summed E-state index contributed by atoms with van der Waals surface area (Å²) in [6.07, 6.45) is 2.18. The average Bonchev–Trinajstić information content (AvgIpc) is 2.48. The van der Waals surface area contributed by atoms with Crippen molar-refractivity contribution in [2.75, 3.05) is 6.79 Å². The Hall–Kier alpha value is -1.77. The molecule has 0 radical (unpaired) electrons. The molecule has 2 unspecified atom stereocenters. The summed E-state index contributed by atoms with van der Waals surface area (Å²) in [5.41, 5.74) is 0. The van der Waals surface area contributed by atoms with E-state index < -0.39 is 40.7 Å². The number of ether oxygens (including phenoxy) is 2. The first-order chi connectivity index (χ1) is 11.5. The fourth-order valence-electron chi connectivity index (χ4n) is 2.13. The van der Waals surface area contributed by atoms with Gasteiger partial charge in [-0.15, -0.1) is 0 Å². The minimum atomic E-state index is -1.28. The van der Waals surface area contributed by atoms with Crippen molar-refractivity contribution >= 4 is 34.9 Å². The van der Waals surface area contributed by atoms with Gasteiger partial charge in [-0.3, -0.25) is 9.59 Å². The van der Waals surface area contributed by atoms with Crippen molar-refractivity contribution in [2.24, 2.45) is 5.92 Å². The third-order valence-electron chi connectivity index (χ3n) is 3.48. The van der Waals surface area contributed by atoms with Gasteiger partial charge < -0.3 is 19.9 Å². The number of hydrogen-bond acceptors (Lipinski definition) is 7. The van der Waals surface area contributed by atoms with Crippen LogP contribution >= 0.6 is 11.8 Å². The van der Waals surface area contributed by atoms with E-state index in [-0.39, 0.29) is 5.92 Å². The molecule has 0 aliphatic rings. The molecular formula is C16H27NO7S. The van der Waals surface area contributed by atoms with Crippen LogP contribution in [0.15, 0.2) is 0 Å². The quantitative estimate of drug-likeness (QED) is 0.440. The molecule has 0 spiro atoms. The molecule has 0 fully saturated rings. The molecule has 2 atom stereocenters. The molecule has 0 aliphatic heterocycles. The van der Waals surface area contributed by atoms with Gasteiger partial charge in [-0.05, 0) is 38.5 Å². The van der Waals surface area contributed by atoms with Crippen LogP contribution < -0.4 is 5.32 Å². The van der Waals surface area contributed by atoms with Gasteiger partial charge in [-0.1, -0.05) is 20.3 Å². The number of carboxylic acid groups (broad SMARTS) is 1. The summed E-state index contributed by atoms with van der Waals surface area (Å²) >= 11 is 0.608. The molecule has 0 bridgehead atoms. The van der Waals surface area contributed by atoms with E-state index in [1.165, 1.54) is 20.8 Å². The van der Waals surface area contributed by atoms with Crippen molar-refractivity contribution in [1.82, 2.24) is 5.32 Å². The maximum absolute atomic E-state index is 11.9. The van der Waals surface area contributed by atoms with Crippen molar-refractivity contribution in [3.8, 4) is 0 Å². The molecule has 0 aromatic heterocycles. The number of nitrogens with one attached hydrogen (secondary N) is 1. The molecule has 9 heteroatoms. The number of aliphatic carboxylic acids is 1. The van der Waals surface area contributed by atoms with E-state index in [0.717, 1.165) is 6.42 Å². The highest BCUT2D eigenvalue weighted by Gasteiger charge is 2.39. The van der Waals surface area contributed by atoms with Crippen molar-refractivity contribution in [3.63, 3.8) is 0 Å². The van der Waals surface area contributed by atoms with Gasteiger partial charge in [0.2, 0.25) is 12.7 Å². The van der Waals surface area contributed by atoms with Gasteiger partial charge in [0.1, 0.15) is 6.04 Å². The standard InChI is InChI=1S/C16H27NO7S/c1-6-8-11(7-2)14(21)23-9-24-15(22)25-16(4,5)12(13(19)20)17-10(3)18/h11-12H,6-9H2,1-5H3,(H,17,18)(H,19,20). The minimum Gasteiger partial charge on any atom is -0.480 e. The Morgan fingerprint density at radius 1 is 1.16 bits per heavy atom. The van der Waals surface area contributed by atoms with Gasteiger partial charge in [0.05, 0.1) is 10.7 Å². The maximum Gasteiger partial charge on any atom is 0.370 e. The zero-order chi connectivity index (χ0) is 19.6. The van der Waals surface area contributed by atoms with Gasteiger partial charge in [-0.2, -0.15) is 0 Å². The van der Waals surface area contributed by atoms with Crippen molar-refractivity contribution in [3.05, 3.63) is 0 Å². The molecule has 2 N–H and O–H groups in total. The SMILES string of the molecule is CCCC(CC)C(=O)OCOC(=O)SC(C)(C)C(NC(C)=O)C(=O)O. The number of rotatable bonds is 10. The summed E-state index contributed by atoms with van der Waals surface area (Å²) < 4.78 is 8.60. The van der Waals surface area contributed by atoms with Crippen LogP contribution in [0.2, 0.25) is 0 Å². The number of thioether (sulfide) groups is 1. The second-order valence-corrected chi connectivity index (χ2v) is 7.64. The Morgan fingerprint density at radius 2 is 1.76 bits per heavy atom. The summed E-state index contributed by atoms with van der Waals surface area (Å²) in [5.74, 6) is -2.45. The normalized spacial score (nSPS) is 13.5. The fraction of sp³-hybridized carbons (Fsp3) is 0.750. The minimum absolute atomic E-state index is 0.232. The third-order valence-corrected chi connectivity index (χ3v) is 4.52. The zero-order valence-corrected chi connectivity index (χ0v) is 16.1. The lowest BCUT2D eigenvalue weighted by Gasteiger charge is -2.29. The first kappa shape index (κ1) is 23.2. The number of amides is 1. The predicted octanol–water partition coefficient (Wildman–Crippen LogP) is 2.55. The van der Waals surface area contributed by atoms with Crippen molar-refractivity contribution in [1.29, 1.82) is 0 Å². The molecule has 1 amide bonds. The van der Waals surface area contributed by atoms with Crippen LogP contribution in [0.1, 0.15) is 53.9 Å². The molecule has 0 rings (SSSR count). The van der Waals surface area contributed by atoms with Crippen molar-refractivity contribution in [2.45, 2.75) is 64.7 Å². The molecule has 0 saturated heterocycles. The van der Waals surface area contributed by atoms with Gasteiger partial charge in [0.15, 0.2) is 0 Å². The molecule has 8 nitrogen and oxygen atoms in total. The van der Waals surface area contributed by atoms with Crippen LogP contribution in [0.3, 0.4) is 0 Å². The number of carbonyl (C=O) groups excluding carboxylic acids is 3. The van der Waals surface area contributed by atoms with Gasteiger partial charge in [0, 0.05) is 6.92 Å². The molecular weight excluding hydrogens is 350 g/mol. The van der Waals surface area contributed by atoms with E-state index in [1.54, 1.807) is 0 Å². The van der Waals surface area contributed by atoms with Crippen LogP contribution in [0, 0.1) is 5.92 Å². The Balaban J connectivity index is 4.54. The Labute approximate surface area is 152 Å². The highest BCUT2D eigenvalue weighted by molar-refractivity contribution is 8.14. The molecule has 0 aliphatic carbocycles. The van der Waals surface area contributed by atoms with E-state index >= 15 is 0 Å². The van der Waals surface area contributed by atoms with E-state index in [4.69, 9.17) is 9.47 Å². The number of carboxylic acids is 1. The van der Waals surface area contributed by atoms with E-state index in [2.05, 4.69) is 5.32 Å². The largest absolute Gasteiger partial charge is 0.480 e. The Bertz CT molecular complexity index is 493. The lowest BCUT2D eigenvalue weighted by molar-refractivity contribution is -0.156. The van der Waals surface area contributed by atoms with Crippen molar-refractivity contribution < 1.29 is 33.8 Å². The van der Waals surface area contributed by atoms with Crippen LogP contribution in [-0.4, -0.2) is 45.8 Å². The highest BCUT2D eigenvalue weighted by Crippen LogP contribution is 2.30. The maximum atomic E-state index is 11.9. The second kappa shape index (κ2) is 11.0. The molecule has 0 aromatic carbocycles. The molecule has 0 heterocycles. The average molecular weight is 377 g/mol. The lowest BCUT2D eigenvalue weighted by atomic mass is 10.0.